The lowest BCUT2D eigenvalue weighted by Gasteiger charge is -2.15. The zero-order chi connectivity index (χ0) is 21.8. The zero-order valence-corrected chi connectivity index (χ0v) is 18.7. The molecule has 1 heterocycles. The lowest BCUT2D eigenvalue weighted by atomic mass is 9.91. The first kappa shape index (κ1) is 21.0. The van der Waals surface area contributed by atoms with Gasteiger partial charge in [-0.3, -0.25) is 4.79 Å². The Morgan fingerprint density at radius 2 is 1.58 bits per heavy atom. The van der Waals surface area contributed by atoms with Gasteiger partial charge in [0.05, 0.1) is 31.8 Å². The minimum absolute atomic E-state index is 0.0592. The number of hydrogen-bond acceptors (Lipinski definition) is 5. The highest BCUT2D eigenvalue weighted by Crippen LogP contribution is 2.41. The fourth-order valence-electron chi connectivity index (χ4n) is 3.90. The molecule has 31 heavy (non-hydrogen) atoms. The van der Waals surface area contributed by atoms with E-state index in [1.54, 1.807) is 44.8 Å². The Morgan fingerprint density at radius 1 is 0.903 bits per heavy atom. The van der Waals surface area contributed by atoms with Crippen LogP contribution in [0.15, 0.2) is 42.5 Å². The van der Waals surface area contributed by atoms with E-state index in [9.17, 15) is 4.79 Å². The molecule has 0 atom stereocenters. The van der Waals surface area contributed by atoms with Gasteiger partial charge in [-0.05, 0) is 61.4 Å². The molecule has 0 saturated carbocycles. The van der Waals surface area contributed by atoms with E-state index in [-0.39, 0.29) is 5.78 Å². The number of fused-ring (bicyclic) bond motifs is 1. The summed E-state index contributed by atoms with van der Waals surface area (Å²) in [5.41, 5.74) is 3.30. The van der Waals surface area contributed by atoms with E-state index >= 15 is 0 Å². The summed E-state index contributed by atoms with van der Waals surface area (Å²) in [6.45, 7) is 0. The number of hydrogen-bond donors (Lipinski definition) is 0. The van der Waals surface area contributed by atoms with Gasteiger partial charge in [0.1, 0.15) is 0 Å². The van der Waals surface area contributed by atoms with Crippen molar-refractivity contribution in [2.45, 2.75) is 25.7 Å². The van der Waals surface area contributed by atoms with Crippen LogP contribution < -0.4 is 14.2 Å². The van der Waals surface area contributed by atoms with Gasteiger partial charge in [-0.2, -0.15) is 0 Å². The highest BCUT2D eigenvalue weighted by Gasteiger charge is 2.27. The van der Waals surface area contributed by atoms with Gasteiger partial charge in [0.25, 0.3) is 0 Å². The SMILES string of the molecule is COc1cc(C(=O)c2c(C#Cc3ccccc3)sc3c2CCCC3)cc(OC)c1OC. The number of thiophene rings is 1. The lowest BCUT2D eigenvalue weighted by Crippen LogP contribution is -2.09. The van der Waals surface area contributed by atoms with Crippen molar-refractivity contribution in [3.63, 3.8) is 0 Å². The Bertz CT molecular complexity index is 1140. The van der Waals surface area contributed by atoms with Crippen molar-refractivity contribution in [3.8, 4) is 29.1 Å². The second-order valence-corrected chi connectivity index (χ2v) is 8.38. The van der Waals surface area contributed by atoms with Crippen LogP contribution in [0.3, 0.4) is 0 Å². The summed E-state index contributed by atoms with van der Waals surface area (Å²) >= 11 is 1.65. The molecule has 4 nitrogen and oxygen atoms in total. The molecule has 0 fully saturated rings. The van der Waals surface area contributed by atoms with Crippen LogP contribution in [-0.4, -0.2) is 27.1 Å². The summed E-state index contributed by atoms with van der Waals surface area (Å²) in [6, 6.07) is 13.3. The molecule has 3 aromatic rings. The molecule has 0 N–H and O–H groups in total. The van der Waals surface area contributed by atoms with Crippen molar-refractivity contribution in [2.75, 3.05) is 21.3 Å². The summed E-state index contributed by atoms with van der Waals surface area (Å²) in [5, 5.41) is 0. The number of ketones is 1. The first-order chi connectivity index (χ1) is 15.2. The Morgan fingerprint density at radius 3 is 2.23 bits per heavy atom. The predicted octanol–water partition coefficient (Wildman–Crippen LogP) is 5.28. The summed E-state index contributed by atoms with van der Waals surface area (Å²) in [6.07, 6.45) is 4.15. The monoisotopic (exact) mass is 432 g/mol. The molecule has 0 spiro atoms. The molecule has 1 aromatic heterocycles. The average Bonchev–Trinajstić information content (AvgIpc) is 3.20. The van der Waals surface area contributed by atoms with E-state index in [2.05, 4.69) is 11.8 Å². The molecule has 1 aliphatic rings. The number of benzene rings is 2. The van der Waals surface area contributed by atoms with Crippen LogP contribution in [0.1, 0.15) is 49.6 Å². The lowest BCUT2D eigenvalue weighted by molar-refractivity contribution is 0.103. The number of carbonyl (C=O) groups is 1. The molecule has 0 bridgehead atoms. The Labute approximate surface area is 186 Å². The summed E-state index contributed by atoms with van der Waals surface area (Å²) < 4.78 is 16.3. The van der Waals surface area contributed by atoms with Gasteiger partial charge in [-0.25, -0.2) is 0 Å². The van der Waals surface area contributed by atoms with Gasteiger partial charge >= 0.3 is 0 Å². The first-order valence-corrected chi connectivity index (χ1v) is 11.0. The van der Waals surface area contributed by atoms with Crippen LogP contribution in [-0.2, 0) is 12.8 Å². The number of rotatable bonds is 5. The van der Waals surface area contributed by atoms with Gasteiger partial charge in [-0.1, -0.05) is 24.1 Å². The predicted molar refractivity (Wildman–Crippen MR) is 123 cm³/mol. The maximum atomic E-state index is 13.7. The van der Waals surface area contributed by atoms with Crippen LogP contribution in [0, 0.1) is 11.8 Å². The first-order valence-electron chi connectivity index (χ1n) is 10.2. The molecule has 2 aromatic carbocycles. The normalized spacial score (nSPS) is 12.4. The third kappa shape index (κ3) is 4.17. The van der Waals surface area contributed by atoms with Crippen molar-refractivity contribution in [3.05, 3.63) is 74.5 Å². The van der Waals surface area contributed by atoms with E-state index in [0.717, 1.165) is 47.3 Å². The third-order valence-corrected chi connectivity index (χ3v) is 6.63. The maximum absolute atomic E-state index is 13.7. The van der Waals surface area contributed by atoms with Crippen molar-refractivity contribution < 1.29 is 19.0 Å². The molecule has 0 amide bonds. The standard InChI is InChI=1S/C26H24O4S/c1-28-20-15-18(16-21(29-2)26(20)30-3)25(27)24-19-11-7-8-12-22(19)31-23(24)14-13-17-9-5-4-6-10-17/h4-6,9-10,15-16H,7-8,11-12H2,1-3H3. The smallest absolute Gasteiger partial charge is 0.203 e. The van der Waals surface area contributed by atoms with E-state index in [0.29, 0.717) is 22.8 Å². The van der Waals surface area contributed by atoms with Crippen molar-refractivity contribution >= 4 is 17.1 Å². The molecule has 1 aliphatic carbocycles. The second kappa shape index (κ2) is 9.28. The largest absolute Gasteiger partial charge is 0.493 e. The summed E-state index contributed by atoms with van der Waals surface area (Å²) in [5.74, 6) is 7.84. The molecule has 0 unspecified atom stereocenters. The third-order valence-electron chi connectivity index (χ3n) is 5.42. The van der Waals surface area contributed by atoms with E-state index in [1.807, 2.05) is 30.3 Å². The maximum Gasteiger partial charge on any atom is 0.203 e. The number of methoxy groups -OCH3 is 3. The molecular weight excluding hydrogens is 408 g/mol. The molecule has 5 heteroatoms. The highest BCUT2D eigenvalue weighted by molar-refractivity contribution is 7.13. The van der Waals surface area contributed by atoms with Gasteiger partial charge in [0.15, 0.2) is 17.3 Å². The number of ether oxygens (including phenoxy) is 3. The van der Waals surface area contributed by atoms with E-state index < -0.39 is 0 Å². The van der Waals surface area contributed by atoms with E-state index in [4.69, 9.17) is 14.2 Å². The topological polar surface area (TPSA) is 44.8 Å². The molecule has 0 aliphatic heterocycles. The minimum Gasteiger partial charge on any atom is -0.493 e. The average molecular weight is 433 g/mol. The number of carbonyl (C=O) groups excluding carboxylic acids is 1. The molecule has 158 valence electrons. The molecular formula is C26H24O4S. The molecule has 4 rings (SSSR count). The van der Waals surface area contributed by atoms with Crippen molar-refractivity contribution in [1.82, 2.24) is 0 Å². The summed E-state index contributed by atoms with van der Waals surface area (Å²) in [7, 11) is 4.65. The molecule has 0 radical (unpaired) electrons. The second-order valence-electron chi connectivity index (χ2n) is 7.27. The van der Waals surface area contributed by atoms with Gasteiger partial charge in [0.2, 0.25) is 5.75 Å². The van der Waals surface area contributed by atoms with Crippen LogP contribution >= 0.6 is 11.3 Å². The zero-order valence-electron chi connectivity index (χ0n) is 17.9. The van der Waals surface area contributed by atoms with Crippen molar-refractivity contribution in [2.24, 2.45) is 0 Å². The molecule has 0 saturated heterocycles. The van der Waals surface area contributed by atoms with Crippen molar-refractivity contribution in [1.29, 1.82) is 0 Å². The summed E-state index contributed by atoms with van der Waals surface area (Å²) in [4.78, 5) is 15.8. The van der Waals surface area contributed by atoms with Gasteiger partial charge in [-0.15, -0.1) is 11.3 Å². The van der Waals surface area contributed by atoms with Gasteiger partial charge in [0, 0.05) is 16.0 Å². The Balaban J connectivity index is 1.83. The number of aryl methyl sites for hydroxylation is 1. The fraction of sp³-hybridized carbons (Fsp3) is 0.269. The van der Waals surface area contributed by atoms with Gasteiger partial charge < -0.3 is 14.2 Å². The Kier molecular flexibility index (Phi) is 6.29. The fourth-order valence-corrected chi connectivity index (χ4v) is 5.14. The quantitative estimate of drug-likeness (QED) is 0.406. The highest BCUT2D eigenvalue weighted by atomic mass is 32.1. The van der Waals surface area contributed by atoms with E-state index in [1.165, 1.54) is 4.88 Å². The van der Waals surface area contributed by atoms with Crippen LogP contribution in [0.4, 0.5) is 0 Å². The van der Waals surface area contributed by atoms with Crippen LogP contribution in [0.2, 0.25) is 0 Å². The minimum atomic E-state index is -0.0592. The van der Waals surface area contributed by atoms with Crippen LogP contribution in [0.25, 0.3) is 0 Å². The van der Waals surface area contributed by atoms with Crippen LogP contribution in [0.5, 0.6) is 17.2 Å². The Hall–Kier alpha value is -3.23.